The molecule has 1 aromatic carbocycles. The topological polar surface area (TPSA) is 56.1 Å². The molecule has 1 aromatic rings. The van der Waals surface area contributed by atoms with Gasteiger partial charge < -0.3 is 5.32 Å². The monoisotopic (exact) mass is 215 g/mol. The Morgan fingerprint density at radius 3 is 3.06 bits per heavy atom. The lowest BCUT2D eigenvalue weighted by molar-refractivity contribution is -0.117. The number of carbonyl (C=O) groups excluding carboxylic acids is 1. The first-order valence-electron chi connectivity index (χ1n) is 5.20. The van der Waals surface area contributed by atoms with E-state index in [9.17, 15) is 4.79 Å². The van der Waals surface area contributed by atoms with Crippen LogP contribution >= 0.6 is 0 Å². The molecule has 82 valence electrons. The highest BCUT2D eigenvalue weighted by Gasteiger charge is 2.26. The van der Waals surface area contributed by atoms with E-state index in [0.29, 0.717) is 6.42 Å². The zero-order valence-corrected chi connectivity index (χ0v) is 9.16. The van der Waals surface area contributed by atoms with Gasteiger partial charge in [-0.2, -0.15) is 5.26 Å². The number of carbonyl (C=O) groups is 1. The van der Waals surface area contributed by atoms with E-state index in [-0.39, 0.29) is 12.5 Å². The summed E-state index contributed by atoms with van der Waals surface area (Å²) in [5.41, 5.74) is 3.06. The fourth-order valence-electron chi connectivity index (χ4n) is 1.99. The molecule has 4 nitrogen and oxygen atoms in total. The Bertz CT molecular complexity index is 462. The summed E-state index contributed by atoms with van der Waals surface area (Å²) >= 11 is 0. The Balaban J connectivity index is 2.31. The largest absolute Gasteiger partial charge is 0.316 e. The van der Waals surface area contributed by atoms with Crippen molar-refractivity contribution in [3.05, 3.63) is 29.3 Å². The maximum Gasteiger partial charge on any atom is 0.232 e. The van der Waals surface area contributed by atoms with E-state index in [1.807, 2.05) is 31.3 Å². The SMILES string of the molecule is CNCc1ccc2c(c1)CC(=O)N2CC#N. The maximum atomic E-state index is 11.6. The number of nitriles is 1. The van der Waals surface area contributed by atoms with Crippen LogP contribution in [0.5, 0.6) is 0 Å². The van der Waals surface area contributed by atoms with E-state index in [1.54, 1.807) is 4.90 Å². The van der Waals surface area contributed by atoms with Crippen molar-refractivity contribution in [1.82, 2.24) is 5.32 Å². The number of anilines is 1. The fourth-order valence-corrected chi connectivity index (χ4v) is 1.99. The molecule has 0 atom stereocenters. The summed E-state index contributed by atoms with van der Waals surface area (Å²) in [6.45, 7) is 0.928. The second-order valence-corrected chi connectivity index (χ2v) is 3.81. The lowest BCUT2D eigenvalue weighted by Crippen LogP contribution is -2.26. The standard InChI is InChI=1S/C12H13N3O/c1-14-8-9-2-3-11-10(6-9)7-12(16)15(11)5-4-13/h2-3,6,14H,5,7-8H2,1H3. The average Bonchev–Trinajstić information content (AvgIpc) is 2.56. The number of fused-ring (bicyclic) bond motifs is 1. The number of nitrogens with one attached hydrogen (secondary N) is 1. The van der Waals surface area contributed by atoms with Gasteiger partial charge in [0.15, 0.2) is 0 Å². The minimum absolute atomic E-state index is 0.0122. The normalized spacial score (nSPS) is 13.8. The fraction of sp³-hybridized carbons (Fsp3) is 0.333. The van der Waals surface area contributed by atoms with Crippen molar-refractivity contribution in [3.8, 4) is 6.07 Å². The summed E-state index contributed by atoms with van der Waals surface area (Å²) in [5.74, 6) is 0.0122. The molecule has 0 aromatic heterocycles. The first-order valence-corrected chi connectivity index (χ1v) is 5.20. The molecule has 0 aliphatic carbocycles. The molecule has 0 saturated heterocycles. The van der Waals surface area contributed by atoms with Crippen molar-refractivity contribution in [2.45, 2.75) is 13.0 Å². The zero-order chi connectivity index (χ0) is 11.5. The number of rotatable bonds is 3. The van der Waals surface area contributed by atoms with Gasteiger partial charge in [-0.3, -0.25) is 9.69 Å². The number of amides is 1. The van der Waals surface area contributed by atoms with Gasteiger partial charge in [0.05, 0.1) is 12.5 Å². The average molecular weight is 215 g/mol. The van der Waals surface area contributed by atoms with Gasteiger partial charge in [-0.1, -0.05) is 12.1 Å². The van der Waals surface area contributed by atoms with Crippen LogP contribution in [0.2, 0.25) is 0 Å². The quantitative estimate of drug-likeness (QED) is 0.759. The zero-order valence-electron chi connectivity index (χ0n) is 9.16. The lowest BCUT2D eigenvalue weighted by Gasteiger charge is -2.13. The Kier molecular flexibility index (Phi) is 2.88. The minimum Gasteiger partial charge on any atom is -0.316 e. The van der Waals surface area contributed by atoms with Gasteiger partial charge in [0.1, 0.15) is 6.54 Å². The molecule has 1 aliphatic rings. The Labute approximate surface area is 94.5 Å². The second kappa shape index (κ2) is 4.33. The summed E-state index contributed by atoms with van der Waals surface area (Å²) in [6, 6.07) is 7.95. The van der Waals surface area contributed by atoms with Crippen molar-refractivity contribution in [2.75, 3.05) is 18.5 Å². The molecule has 1 heterocycles. The van der Waals surface area contributed by atoms with Crippen LogP contribution in [0.1, 0.15) is 11.1 Å². The van der Waals surface area contributed by atoms with Crippen molar-refractivity contribution < 1.29 is 4.79 Å². The molecular weight excluding hydrogens is 202 g/mol. The molecule has 0 radical (unpaired) electrons. The Hall–Kier alpha value is -1.86. The van der Waals surface area contributed by atoms with Gasteiger partial charge in [-0.25, -0.2) is 0 Å². The van der Waals surface area contributed by atoms with Crippen molar-refractivity contribution in [1.29, 1.82) is 5.26 Å². The minimum atomic E-state index is 0.0122. The molecule has 4 heteroatoms. The second-order valence-electron chi connectivity index (χ2n) is 3.81. The van der Waals surface area contributed by atoms with Crippen LogP contribution in [0.25, 0.3) is 0 Å². The van der Waals surface area contributed by atoms with Crippen LogP contribution in [0.3, 0.4) is 0 Å². The van der Waals surface area contributed by atoms with Crippen molar-refractivity contribution >= 4 is 11.6 Å². The van der Waals surface area contributed by atoms with Gasteiger partial charge in [-0.15, -0.1) is 0 Å². The highest BCUT2D eigenvalue weighted by Crippen LogP contribution is 2.29. The van der Waals surface area contributed by atoms with Crippen LogP contribution in [-0.4, -0.2) is 19.5 Å². The molecule has 16 heavy (non-hydrogen) atoms. The third kappa shape index (κ3) is 1.77. The summed E-state index contributed by atoms with van der Waals surface area (Å²) in [6.07, 6.45) is 0.411. The molecule has 2 rings (SSSR count). The lowest BCUT2D eigenvalue weighted by atomic mass is 10.1. The maximum absolute atomic E-state index is 11.6. The smallest absolute Gasteiger partial charge is 0.232 e. The molecule has 1 amide bonds. The summed E-state index contributed by atoms with van der Waals surface area (Å²) in [4.78, 5) is 13.2. The van der Waals surface area contributed by atoms with Gasteiger partial charge in [-0.05, 0) is 24.2 Å². The number of hydrogen-bond acceptors (Lipinski definition) is 3. The van der Waals surface area contributed by atoms with Crippen molar-refractivity contribution in [3.63, 3.8) is 0 Å². The van der Waals surface area contributed by atoms with Gasteiger partial charge in [0.25, 0.3) is 0 Å². The number of nitrogens with zero attached hydrogens (tertiary/aromatic N) is 2. The first kappa shape index (κ1) is 10.7. The molecule has 0 saturated carbocycles. The van der Waals surface area contributed by atoms with E-state index >= 15 is 0 Å². The third-order valence-electron chi connectivity index (χ3n) is 2.69. The third-order valence-corrected chi connectivity index (χ3v) is 2.69. The highest BCUT2D eigenvalue weighted by atomic mass is 16.2. The molecule has 0 unspecified atom stereocenters. The highest BCUT2D eigenvalue weighted by molar-refractivity contribution is 6.01. The van der Waals surface area contributed by atoms with Gasteiger partial charge in [0.2, 0.25) is 5.91 Å². The predicted octanol–water partition coefficient (Wildman–Crippen LogP) is 0.819. The number of benzene rings is 1. The van der Waals surface area contributed by atoms with Crippen LogP contribution in [0.4, 0.5) is 5.69 Å². The predicted molar refractivity (Wildman–Crippen MR) is 60.9 cm³/mol. The van der Waals surface area contributed by atoms with E-state index in [0.717, 1.165) is 23.4 Å². The Morgan fingerprint density at radius 1 is 1.56 bits per heavy atom. The van der Waals surface area contributed by atoms with E-state index in [1.165, 1.54) is 0 Å². The molecule has 1 aliphatic heterocycles. The van der Waals surface area contributed by atoms with Crippen LogP contribution in [0, 0.1) is 11.3 Å². The van der Waals surface area contributed by atoms with Gasteiger partial charge in [0, 0.05) is 12.2 Å². The molecule has 0 fully saturated rings. The van der Waals surface area contributed by atoms with E-state index < -0.39 is 0 Å². The molecule has 0 bridgehead atoms. The van der Waals surface area contributed by atoms with Crippen LogP contribution < -0.4 is 10.2 Å². The summed E-state index contributed by atoms with van der Waals surface area (Å²) in [7, 11) is 1.89. The van der Waals surface area contributed by atoms with Gasteiger partial charge >= 0.3 is 0 Å². The summed E-state index contributed by atoms with van der Waals surface area (Å²) in [5, 5.41) is 11.7. The van der Waals surface area contributed by atoms with Crippen LogP contribution in [-0.2, 0) is 17.8 Å². The van der Waals surface area contributed by atoms with Crippen molar-refractivity contribution in [2.24, 2.45) is 0 Å². The molecule has 1 N–H and O–H groups in total. The Morgan fingerprint density at radius 2 is 2.38 bits per heavy atom. The van der Waals surface area contributed by atoms with Crippen LogP contribution in [0.15, 0.2) is 18.2 Å². The first-order chi connectivity index (χ1) is 7.76. The van der Waals surface area contributed by atoms with E-state index in [4.69, 9.17) is 5.26 Å². The molecule has 0 spiro atoms. The molecular formula is C12H13N3O. The van der Waals surface area contributed by atoms with E-state index in [2.05, 4.69) is 5.32 Å². The number of hydrogen-bond donors (Lipinski definition) is 1. The summed E-state index contributed by atoms with van der Waals surface area (Å²) < 4.78 is 0.